The molecule has 13 heavy (non-hydrogen) atoms. The number of imidazole rings is 1. The minimum absolute atomic E-state index is 0.350. The first-order valence-corrected chi connectivity index (χ1v) is 3.13. The maximum Gasteiger partial charge on any atom is 0.422 e. The van der Waals surface area contributed by atoms with Crippen molar-refractivity contribution in [3.05, 3.63) is 16.4 Å². The number of aromatic nitrogens is 2. The Morgan fingerprint density at radius 3 is 2.85 bits per heavy atom. The van der Waals surface area contributed by atoms with Crippen molar-refractivity contribution in [3.8, 4) is 0 Å². The van der Waals surface area contributed by atoms with E-state index in [4.69, 9.17) is 5.73 Å². The van der Waals surface area contributed by atoms with Gasteiger partial charge in [-0.1, -0.05) is 0 Å². The van der Waals surface area contributed by atoms with Crippen LogP contribution in [0.15, 0.2) is 6.33 Å². The monoisotopic (exact) mass is 186 g/mol. The highest BCUT2D eigenvalue weighted by Gasteiger charge is 2.22. The molecule has 0 unspecified atom stereocenters. The minimum atomic E-state index is -0.821. The Kier molecular flexibility index (Phi) is 2.13. The Hall–Kier alpha value is -2.12. The number of nitrogens with zero attached hydrogens (tertiary/aromatic N) is 3. The summed E-state index contributed by atoms with van der Waals surface area (Å²) in [5.41, 5.74) is 5.24. The van der Waals surface area contributed by atoms with Crippen LogP contribution in [0.3, 0.4) is 0 Å². The van der Waals surface area contributed by atoms with Crippen LogP contribution in [-0.4, -0.2) is 27.7 Å². The molecule has 2 N–H and O–H groups in total. The molecule has 0 saturated heterocycles. The SMILES string of the molecule is COC(=O)n1cnc([N+](=O)[O-])c1N. The van der Waals surface area contributed by atoms with Crippen molar-refractivity contribution in [2.45, 2.75) is 0 Å². The third kappa shape index (κ3) is 1.41. The van der Waals surface area contributed by atoms with Crippen LogP contribution in [-0.2, 0) is 4.74 Å². The molecule has 1 aromatic heterocycles. The van der Waals surface area contributed by atoms with E-state index >= 15 is 0 Å². The van der Waals surface area contributed by atoms with E-state index in [0.29, 0.717) is 0 Å². The van der Waals surface area contributed by atoms with E-state index < -0.39 is 16.8 Å². The molecule has 1 rings (SSSR count). The first-order valence-electron chi connectivity index (χ1n) is 3.13. The number of carbonyl (C=O) groups excluding carboxylic acids is 1. The van der Waals surface area contributed by atoms with Crippen molar-refractivity contribution in [3.63, 3.8) is 0 Å². The highest BCUT2D eigenvalue weighted by atomic mass is 16.6. The van der Waals surface area contributed by atoms with E-state index in [-0.39, 0.29) is 5.82 Å². The molecule has 0 aliphatic carbocycles. The molecule has 0 fully saturated rings. The van der Waals surface area contributed by atoms with E-state index in [9.17, 15) is 14.9 Å². The lowest BCUT2D eigenvalue weighted by Crippen LogP contribution is -2.13. The smallest absolute Gasteiger partial charge is 0.422 e. The molecule has 0 amide bonds. The summed E-state index contributed by atoms with van der Waals surface area (Å²) in [6, 6.07) is 0. The molecule has 0 saturated carbocycles. The van der Waals surface area contributed by atoms with Gasteiger partial charge in [0.05, 0.1) is 7.11 Å². The lowest BCUT2D eigenvalue weighted by molar-refractivity contribution is -0.388. The largest absolute Gasteiger partial charge is 0.452 e. The molecule has 0 aliphatic heterocycles. The highest BCUT2D eigenvalue weighted by molar-refractivity contribution is 5.76. The zero-order valence-electron chi connectivity index (χ0n) is 6.63. The van der Waals surface area contributed by atoms with Crippen molar-refractivity contribution in [2.24, 2.45) is 0 Å². The van der Waals surface area contributed by atoms with Crippen LogP contribution >= 0.6 is 0 Å². The summed E-state index contributed by atoms with van der Waals surface area (Å²) in [5.74, 6) is -0.915. The molecule has 1 aromatic rings. The zero-order chi connectivity index (χ0) is 10.0. The predicted molar refractivity (Wildman–Crippen MR) is 41.1 cm³/mol. The summed E-state index contributed by atoms with van der Waals surface area (Å²) in [6.45, 7) is 0. The second-order valence-corrected chi connectivity index (χ2v) is 2.05. The van der Waals surface area contributed by atoms with Gasteiger partial charge in [0.1, 0.15) is 0 Å². The molecule has 70 valence electrons. The second-order valence-electron chi connectivity index (χ2n) is 2.05. The number of nitro groups is 1. The Morgan fingerprint density at radius 1 is 1.85 bits per heavy atom. The number of nitrogens with two attached hydrogens (primary N) is 1. The molecule has 0 spiro atoms. The molecule has 0 aliphatic rings. The Balaban J connectivity index is 3.13. The molecule has 8 nitrogen and oxygen atoms in total. The number of rotatable bonds is 1. The number of nitrogen functional groups attached to an aromatic ring is 1. The summed E-state index contributed by atoms with van der Waals surface area (Å²) >= 11 is 0. The molecule has 1 heterocycles. The van der Waals surface area contributed by atoms with E-state index in [1.54, 1.807) is 0 Å². The van der Waals surface area contributed by atoms with Crippen molar-refractivity contribution in [1.29, 1.82) is 0 Å². The van der Waals surface area contributed by atoms with Gasteiger partial charge in [0.15, 0.2) is 0 Å². The number of anilines is 1. The summed E-state index contributed by atoms with van der Waals surface area (Å²) < 4.78 is 5.04. The van der Waals surface area contributed by atoms with Gasteiger partial charge >= 0.3 is 11.9 Å². The maximum atomic E-state index is 10.9. The molecule has 0 aromatic carbocycles. The third-order valence-electron chi connectivity index (χ3n) is 1.33. The predicted octanol–water partition coefficient (Wildman–Crippen LogP) is -0.0120. The van der Waals surface area contributed by atoms with Crippen LogP contribution in [0.25, 0.3) is 0 Å². The van der Waals surface area contributed by atoms with Crippen LogP contribution in [0.4, 0.5) is 16.4 Å². The summed E-state index contributed by atoms with van der Waals surface area (Å²) in [6.07, 6.45) is 0.109. The van der Waals surface area contributed by atoms with Gasteiger partial charge in [0.25, 0.3) is 0 Å². The molecule has 0 atom stereocenters. The molecule has 0 bridgehead atoms. The van der Waals surface area contributed by atoms with Gasteiger partial charge < -0.3 is 20.6 Å². The number of carbonyl (C=O) groups is 1. The van der Waals surface area contributed by atoms with Gasteiger partial charge in [-0.15, -0.1) is 0 Å². The van der Waals surface area contributed by atoms with Gasteiger partial charge in [-0.2, -0.15) is 4.57 Å². The quantitative estimate of drug-likeness (QED) is 0.487. The fraction of sp³-hybridized carbons (Fsp3) is 0.200. The van der Waals surface area contributed by atoms with Crippen molar-refractivity contribution >= 4 is 17.7 Å². The summed E-state index contributed by atoms with van der Waals surface area (Å²) in [7, 11) is 1.13. The van der Waals surface area contributed by atoms with Gasteiger partial charge in [-0.25, -0.2) is 4.79 Å². The highest BCUT2D eigenvalue weighted by Crippen LogP contribution is 2.17. The van der Waals surface area contributed by atoms with E-state index in [1.807, 2.05) is 0 Å². The van der Waals surface area contributed by atoms with Crippen LogP contribution in [0.1, 0.15) is 0 Å². The van der Waals surface area contributed by atoms with Crippen molar-refractivity contribution < 1.29 is 14.5 Å². The van der Waals surface area contributed by atoms with Gasteiger partial charge in [0.2, 0.25) is 12.1 Å². The first kappa shape index (κ1) is 8.97. The normalized spacial score (nSPS) is 9.62. The number of ether oxygens (including phenoxy) is 1. The van der Waals surface area contributed by atoms with Crippen LogP contribution in [0, 0.1) is 10.1 Å². The van der Waals surface area contributed by atoms with Gasteiger partial charge in [-0.05, 0) is 9.91 Å². The molecular formula is C5H6N4O4. The van der Waals surface area contributed by atoms with Gasteiger partial charge in [0, 0.05) is 0 Å². The third-order valence-corrected chi connectivity index (χ3v) is 1.33. The van der Waals surface area contributed by atoms with Crippen LogP contribution < -0.4 is 5.73 Å². The topological polar surface area (TPSA) is 113 Å². The number of hydrogen-bond donors (Lipinski definition) is 1. The van der Waals surface area contributed by atoms with Gasteiger partial charge in [-0.3, -0.25) is 0 Å². The first-order chi connectivity index (χ1) is 6.07. The average Bonchev–Trinajstić information content (AvgIpc) is 2.46. The van der Waals surface area contributed by atoms with Crippen LogP contribution in [0.2, 0.25) is 0 Å². The number of methoxy groups -OCH3 is 1. The average molecular weight is 186 g/mol. The fourth-order valence-electron chi connectivity index (χ4n) is 0.733. The molecule has 0 radical (unpaired) electrons. The summed E-state index contributed by atoms with van der Waals surface area (Å²) in [5, 5.41) is 10.2. The van der Waals surface area contributed by atoms with Crippen molar-refractivity contribution in [1.82, 2.24) is 9.55 Å². The fourth-order valence-corrected chi connectivity index (χ4v) is 0.733. The summed E-state index contributed by atoms with van der Waals surface area (Å²) in [4.78, 5) is 23.7. The van der Waals surface area contributed by atoms with E-state index in [2.05, 4.69) is 9.72 Å². The Morgan fingerprint density at radius 2 is 2.46 bits per heavy atom. The van der Waals surface area contributed by atoms with E-state index in [0.717, 1.165) is 18.0 Å². The lowest BCUT2D eigenvalue weighted by Gasteiger charge is -1.97. The zero-order valence-corrected chi connectivity index (χ0v) is 6.63. The number of hydrogen-bond acceptors (Lipinski definition) is 6. The van der Waals surface area contributed by atoms with Crippen molar-refractivity contribution in [2.75, 3.05) is 12.8 Å². The second kappa shape index (κ2) is 3.09. The molecular weight excluding hydrogens is 180 g/mol. The molecule has 8 heteroatoms. The lowest BCUT2D eigenvalue weighted by atomic mass is 10.6. The Labute approximate surface area is 72.1 Å². The van der Waals surface area contributed by atoms with E-state index in [1.165, 1.54) is 0 Å². The standard InChI is InChI=1S/C5H6N4O4/c1-13-5(10)8-2-7-4(3(8)6)9(11)12/h2H,6H2,1H3. The minimum Gasteiger partial charge on any atom is -0.452 e. The Bertz CT molecular complexity index is 357. The maximum absolute atomic E-state index is 10.9. The van der Waals surface area contributed by atoms with Crippen LogP contribution in [0.5, 0.6) is 0 Å².